The van der Waals surface area contributed by atoms with Gasteiger partial charge in [-0.3, -0.25) is 10.1 Å². The molecule has 158 valence electrons. The van der Waals surface area contributed by atoms with Crippen LogP contribution >= 0.6 is 0 Å². The van der Waals surface area contributed by atoms with E-state index in [1.54, 1.807) is 27.5 Å². The molecule has 0 amide bonds. The van der Waals surface area contributed by atoms with Crippen molar-refractivity contribution in [3.05, 3.63) is 47.5 Å². The molecule has 1 aromatic carbocycles. The molecule has 0 saturated heterocycles. The van der Waals surface area contributed by atoms with Gasteiger partial charge in [0.05, 0.1) is 20.5 Å². The van der Waals surface area contributed by atoms with Crippen LogP contribution in [0.1, 0.15) is 17.0 Å². The first-order valence-electron chi connectivity index (χ1n) is 9.86. The summed E-state index contributed by atoms with van der Waals surface area (Å²) in [4.78, 5) is 11.2. The number of aromatic nitrogens is 3. The summed E-state index contributed by atoms with van der Waals surface area (Å²) in [5.74, 6) is 4.40. The summed E-state index contributed by atoms with van der Waals surface area (Å²) in [5.41, 5.74) is 2.51. The summed E-state index contributed by atoms with van der Waals surface area (Å²) >= 11 is 0. The smallest absolute Gasteiger partial charge is 0.216 e. The zero-order chi connectivity index (χ0) is 20.9. The zero-order valence-corrected chi connectivity index (χ0v) is 17.4. The summed E-state index contributed by atoms with van der Waals surface area (Å²) in [6, 6.07) is 7.78. The second kappa shape index (κ2) is 8.89. The molecule has 9 nitrogen and oxygen atoms in total. The maximum atomic E-state index is 5.45. The Morgan fingerprint density at radius 3 is 2.77 bits per heavy atom. The summed E-state index contributed by atoms with van der Waals surface area (Å²) in [5, 5.41) is 10.6. The molecular weight excluding hydrogens is 384 g/mol. The Hall–Kier alpha value is -3.49. The van der Waals surface area contributed by atoms with Crippen LogP contribution in [-0.4, -0.2) is 60.4 Å². The first-order valence-corrected chi connectivity index (χ1v) is 9.86. The molecule has 2 N–H and O–H groups in total. The van der Waals surface area contributed by atoms with E-state index in [4.69, 9.17) is 13.9 Å². The van der Waals surface area contributed by atoms with Crippen LogP contribution in [0.25, 0.3) is 11.6 Å². The molecule has 0 unspecified atom stereocenters. The molecule has 1 aliphatic heterocycles. The van der Waals surface area contributed by atoms with E-state index >= 15 is 0 Å². The fourth-order valence-electron chi connectivity index (χ4n) is 3.61. The SMILES string of the molecule is CN=C(NCCc1nc(-c2ccco2)n[nH]1)N1CCc2cc(OC)c(OC)cc2C1. The van der Waals surface area contributed by atoms with Gasteiger partial charge in [-0.15, -0.1) is 0 Å². The predicted octanol–water partition coefficient (Wildman–Crippen LogP) is 2.26. The number of benzene rings is 1. The van der Waals surface area contributed by atoms with Gasteiger partial charge in [0.25, 0.3) is 0 Å². The number of hydrogen-bond acceptors (Lipinski definition) is 6. The van der Waals surface area contributed by atoms with Crippen molar-refractivity contribution in [1.29, 1.82) is 0 Å². The highest BCUT2D eigenvalue weighted by Crippen LogP contribution is 2.33. The van der Waals surface area contributed by atoms with Crippen molar-refractivity contribution in [2.24, 2.45) is 4.99 Å². The second-order valence-corrected chi connectivity index (χ2v) is 6.95. The van der Waals surface area contributed by atoms with Gasteiger partial charge >= 0.3 is 0 Å². The number of nitrogens with one attached hydrogen (secondary N) is 2. The van der Waals surface area contributed by atoms with Gasteiger partial charge in [0.1, 0.15) is 5.82 Å². The summed E-state index contributed by atoms with van der Waals surface area (Å²) < 4.78 is 16.2. The average molecular weight is 410 g/mol. The topological polar surface area (TPSA) is 101 Å². The van der Waals surface area contributed by atoms with E-state index < -0.39 is 0 Å². The lowest BCUT2D eigenvalue weighted by Gasteiger charge is -2.32. The molecule has 2 aromatic heterocycles. The summed E-state index contributed by atoms with van der Waals surface area (Å²) in [7, 11) is 5.12. The molecule has 9 heteroatoms. The van der Waals surface area contributed by atoms with Gasteiger partial charge in [-0.25, -0.2) is 4.98 Å². The van der Waals surface area contributed by atoms with Crippen molar-refractivity contribution >= 4 is 5.96 Å². The fraction of sp³-hybridized carbons (Fsp3) is 0.381. The van der Waals surface area contributed by atoms with E-state index in [2.05, 4.69) is 42.5 Å². The van der Waals surface area contributed by atoms with Gasteiger partial charge in [0, 0.05) is 33.1 Å². The van der Waals surface area contributed by atoms with E-state index in [0.29, 0.717) is 24.6 Å². The monoisotopic (exact) mass is 410 g/mol. The van der Waals surface area contributed by atoms with E-state index in [0.717, 1.165) is 42.8 Å². The quantitative estimate of drug-likeness (QED) is 0.475. The Balaban J connectivity index is 1.36. The molecule has 3 aromatic rings. The van der Waals surface area contributed by atoms with Crippen molar-refractivity contribution in [2.75, 3.05) is 34.4 Å². The number of aromatic amines is 1. The minimum atomic E-state index is 0.566. The molecule has 0 atom stereocenters. The Bertz CT molecular complexity index is 1010. The number of fused-ring (bicyclic) bond motifs is 1. The zero-order valence-electron chi connectivity index (χ0n) is 17.4. The number of H-pyrrole nitrogens is 1. The molecule has 0 fully saturated rings. The number of methoxy groups -OCH3 is 2. The molecule has 0 radical (unpaired) electrons. The van der Waals surface area contributed by atoms with Crippen LogP contribution < -0.4 is 14.8 Å². The number of nitrogens with zero attached hydrogens (tertiary/aromatic N) is 4. The highest BCUT2D eigenvalue weighted by molar-refractivity contribution is 5.80. The van der Waals surface area contributed by atoms with Crippen molar-refractivity contribution in [1.82, 2.24) is 25.4 Å². The van der Waals surface area contributed by atoms with Crippen LogP contribution in [0.3, 0.4) is 0 Å². The van der Waals surface area contributed by atoms with Gasteiger partial charge in [0.2, 0.25) is 5.82 Å². The van der Waals surface area contributed by atoms with Gasteiger partial charge in [-0.2, -0.15) is 5.10 Å². The summed E-state index contributed by atoms with van der Waals surface area (Å²) in [6.07, 6.45) is 3.23. The van der Waals surface area contributed by atoms with E-state index in [9.17, 15) is 0 Å². The van der Waals surface area contributed by atoms with Crippen LogP contribution in [0.2, 0.25) is 0 Å². The Kier molecular flexibility index (Phi) is 5.87. The van der Waals surface area contributed by atoms with Crippen molar-refractivity contribution in [3.63, 3.8) is 0 Å². The Morgan fingerprint density at radius 2 is 2.07 bits per heavy atom. The minimum Gasteiger partial charge on any atom is -0.493 e. The van der Waals surface area contributed by atoms with Gasteiger partial charge in [0.15, 0.2) is 23.2 Å². The average Bonchev–Trinajstić information content (AvgIpc) is 3.47. The Morgan fingerprint density at radius 1 is 1.27 bits per heavy atom. The largest absolute Gasteiger partial charge is 0.493 e. The second-order valence-electron chi connectivity index (χ2n) is 6.95. The summed E-state index contributed by atoms with van der Waals surface area (Å²) in [6.45, 7) is 2.34. The molecule has 0 aliphatic carbocycles. The molecule has 1 aliphatic rings. The third kappa shape index (κ3) is 4.10. The highest BCUT2D eigenvalue weighted by Gasteiger charge is 2.21. The van der Waals surface area contributed by atoms with Crippen LogP contribution in [0.15, 0.2) is 39.9 Å². The lowest BCUT2D eigenvalue weighted by atomic mass is 9.99. The molecule has 0 bridgehead atoms. The maximum Gasteiger partial charge on any atom is 0.216 e. The molecule has 0 saturated carbocycles. The van der Waals surface area contributed by atoms with E-state index in [1.807, 2.05) is 12.1 Å². The van der Waals surface area contributed by atoms with Gasteiger partial charge in [-0.1, -0.05) is 0 Å². The number of furan rings is 1. The van der Waals surface area contributed by atoms with Crippen LogP contribution in [0.5, 0.6) is 11.5 Å². The minimum absolute atomic E-state index is 0.566. The molecule has 30 heavy (non-hydrogen) atoms. The van der Waals surface area contributed by atoms with Crippen LogP contribution in [-0.2, 0) is 19.4 Å². The first kappa shape index (κ1) is 19.8. The number of ether oxygens (including phenoxy) is 2. The highest BCUT2D eigenvalue weighted by atomic mass is 16.5. The van der Waals surface area contributed by atoms with Crippen molar-refractivity contribution in [3.8, 4) is 23.1 Å². The third-order valence-corrected chi connectivity index (χ3v) is 5.15. The third-order valence-electron chi connectivity index (χ3n) is 5.15. The molecule has 0 spiro atoms. The first-order chi connectivity index (χ1) is 14.7. The van der Waals surface area contributed by atoms with Crippen LogP contribution in [0.4, 0.5) is 0 Å². The number of hydrogen-bond donors (Lipinski definition) is 2. The van der Waals surface area contributed by atoms with Crippen molar-refractivity contribution < 1.29 is 13.9 Å². The van der Waals surface area contributed by atoms with E-state index in [-0.39, 0.29) is 0 Å². The maximum absolute atomic E-state index is 5.45. The Labute approximate surface area is 175 Å². The lowest BCUT2D eigenvalue weighted by molar-refractivity contribution is 0.346. The number of aliphatic imine (C=N–C) groups is 1. The molecular formula is C21H26N6O3. The van der Waals surface area contributed by atoms with Gasteiger partial charge in [-0.05, 0) is 41.8 Å². The number of rotatable bonds is 6. The normalized spacial score (nSPS) is 13.8. The lowest BCUT2D eigenvalue weighted by Crippen LogP contribution is -2.44. The van der Waals surface area contributed by atoms with E-state index in [1.165, 1.54) is 11.1 Å². The predicted molar refractivity (Wildman–Crippen MR) is 113 cm³/mol. The molecule has 4 rings (SSSR count). The standard InChI is InChI=1S/C21H26N6O3/c1-22-21(23-8-6-19-24-20(26-25-19)16-5-4-10-30-16)27-9-7-14-11-17(28-2)18(29-3)12-15(14)13-27/h4-5,10-12H,6-9,13H2,1-3H3,(H,22,23)(H,24,25,26). The number of guanidine groups is 1. The fourth-order valence-corrected chi connectivity index (χ4v) is 3.61. The van der Waals surface area contributed by atoms with Crippen molar-refractivity contribution in [2.45, 2.75) is 19.4 Å². The molecule has 3 heterocycles. The van der Waals surface area contributed by atoms with Crippen LogP contribution in [0, 0.1) is 0 Å². The van der Waals surface area contributed by atoms with Gasteiger partial charge < -0.3 is 24.1 Å².